The van der Waals surface area contributed by atoms with E-state index in [1.54, 1.807) is 6.07 Å². The molecule has 0 fully saturated rings. The van der Waals surface area contributed by atoms with Gasteiger partial charge in [0.1, 0.15) is 0 Å². The van der Waals surface area contributed by atoms with E-state index in [1.165, 1.54) is 0 Å². The van der Waals surface area contributed by atoms with Crippen LogP contribution in [0, 0.1) is 3.57 Å². The molecule has 1 aromatic heterocycles. The maximum Gasteiger partial charge on any atom is 0.189 e. The van der Waals surface area contributed by atoms with Crippen molar-refractivity contribution in [3.05, 3.63) is 43.8 Å². The molecule has 1 heterocycles. The summed E-state index contributed by atoms with van der Waals surface area (Å²) in [6.45, 7) is 6.28. The summed E-state index contributed by atoms with van der Waals surface area (Å²) in [5.41, 5.74) is 1.96. The third-order valence-corrected chi connectivity index (χ3v) is 3.27. The largest absolute Gasteiger partial charge is 0.358 e. The minimum Gasteiger partial charge on any atom is -0.358 e. The summed E-state index contributed by atoms with van der Waals surface area (Å²) in [5.74, 6) is 0. The second-order valence-electron chi connectivity index (χ2n) is 4.99. The number of benzene rings is 1. The highest BCUT2D eigenvalue weighted by Gasteiger charge is 2.15. The zero-order valence-corrected chi connectivity index (χ0v) is 11.8. The Bertz CT molecular complexity index is 593. The smallest absolute Gasteiger partial charge is 0.189 e. The molecule has 0 aliphatic carbocycles. The number of halogens is 1. The van der Waals surface area contributed by atoms with Crippen molar-refractivity contribution in [3.63, 3.8) is 0 Å². The van der Waals surface area contributed by atoms with E-state index in [4.69, 9.17) is 0 Å². The number of aromatic amines is 1. The van der Waals surface area contributed by atoms with Crippen LogP contribution in [0.25, 0.3) is 10.9 Å². The van der Waals surface area contributed by atoms with Crippen LogP contribution in [0.1, 0.15) is 26.5 Å². The Labute approximate surface area is 108 Å². The number of fused-ring (bicyclic) bond motifs is 1. The lowest BCUT2D eigenvalue weighted by Gasteiger charge is -2.19. The van der Waals surface area contributed by atoms with Crippen molar-refractivity contribution in [2.75, 3.05) is 0 Å². The molecule has 0 unspecified atom stereocenters. The molecule has 1 N–H and O–H groups in total. The number of nitrogens with one attached hydrogen (secondary N) is 1. The number of aromatic nitrogens is 1. The third kappa shape index (κ3) is 2.14. The van der Waals surface area contributed by atoms with Gasteiger partial charge in [-0.15, -0.1) is 0 Å². The van der Waals surface area contributed by atoms with Gasteiger partial charge in [-0.25, -0.2) is 0 Å². The van der Waals surface area contributed by atoms with E-state index in [0.717, 1.165) is 20.2 Å². The van der Waals surface area contributed by atoms with E-state index in [2.05, 4.69) is 48.3 Å². The van der Waals surface area contributed by atoms with Crippen LogP contribution in [0.5, 0.6) is 0 Å². The molecule has 0 saturated carbocycles. The molecule has 2 aromatic rings. The van der Waals surface area contributed by atoms with Gasteiger partial charge in [0.2, 0.25) is 0 Å². The second kappa shape index (κ2) is 3.87. The maximum atomic E-state index is 12.0. The minimum atomic E-state index is -0.0314. The number of pyridine rings is 1. The predicted octanol–water partition coefficient (Wildman–Crippen LogP) is 3.43. The van der Waals surface area contributed by atoms with Crippen molar-refractivity contribution >= 4 is 33.5 Å². The highest BCUT2D eigenvalue weighted by Crippen LogP contribution is 2.21. The zero-order chi connectivity index (χ0) is 11.9. The second-order valence-corrected chi connectivity index (χ2v) is 6.23. The summed E-state index contributed by atoms with van der Waals surface area (Å²) in [4.78, 5) is 15.3. The lowest BCUT2D eigenvalue weighted by Crippen LogP contribution is -2.17. The first kappa shape index (κ1) is 11.6. The standard InChI is InChI=1S/C13H14INO/c1-13(2,3)12-7-11(16)9-6-8(14)4-5-10(9)15-12/h4-7H,1-3H3,(H,15,16). The average Bonchev–Trinajstić information content (AvgIpc) is 2.17. The number of H-pyrrole nitrogens is 1. The van der Waals surface area contributed by atoms with Crippen LogP contribution in [0.2, 0.25) is 0 Å². The van der Waals surface area contributed by atoms with Crippen LogP contribution in [0.4, 0.5) is 0 Å². The summed E-state index contributed by atoms with van der Waals surface area (Å²) in [7, 11) is 0. The Morgan fingerprint density at radius 2 is 1.88 bits per heavy atom. The fourth-order valence-electron chi connectivity index (χ4n) is 1.62. The van der Waals surface area contributed by atoms with E-state index >= 15 is 0 Å². The Hall–Kier alpha value is -0.840. The molecule has 0 radical (unpaired) electrons. The van der Waals surface area contributed by atoms with E-state index in [0.29, 0.717) is 0 Å². The highest BCUT2D eigenvalue weighted by atomic mass is 127. The summed E-state index contributed by atoms with van der Waals surface area (Å²) in [6.07, 6.45) is 0. The summed E-state index contributed by atoms with van der Waals surface area (Å²) in [5, 5.41) is 0.764. The van der Waals surface area contributed by atoms with Gasteiger partial charge in [-0.3, -0.25) is 4.79 Å². The average molecular weight is 327 g/mol. The van der Waals surface area contributed by atoms with Gasteiger partial charge < -0.3 is 4.98 Å². The topological polar surface area (TPSA) is 32.9 Å². The molecule has 1 aromatic carbocycles. The van der Waals surface area contributed by atoms with Crippen molar-refractivity contribution in [1.29, 1.82) is 0 Å². The van der Waals surface area contributed by atoms with Gasteiger partial charge in [0.05, 0.1) is 0 Å². The maximum absolute atomic E-state index is 12.0. The molecule has 0 aliphatic heterocycles. The van der Waals surface area contributed by atoms with Crippen molar-refractivity contribution in [3.8, 4) is 0 Å². The van der Waals surface area contributed by atoms with Gasteiger partial charge in [0.15, 0.2) is 5.43 Å². The first-order valence-corrected chi connectivity index (χ1v) is 6.29. The molecular formula is C13H14INO. The summed E-state index contributed by atoms with van der Waals surface area (Å²) < 4.78 is 1.08. The molecule has 16 heavy (non-hydrogen) atoms. The number of hydrogen-bond donors (Lipinski definition) is 1. The normalized spacial score (nSPS) is 12.0. The number of hydrogen-bond acceptors (Lipinski definition) is 1. The SMILES string of the molecule is CC(C)(C)c1cc(=O)c2cc(I)ccc2[nH]1. The van der Waals surface area contributed by atoms with Gasteiger partial charge >= 0.3 is 0 Å². The monoisotopic (exact) mass is 327 g/mol. The van der Waals surface area contributed by atoms with Gasteiger partial charge in [-0.1, -0.05) is 20.8 Å². The molecule has 84 valence electrons. The Kier molecular flexibility index (Phi) is 2.82. The fourth-order valence-corrected chi connectivity index (χ4v) is 2.11. The molecule has 0 spiro atoms. The highest BCUT2D eigenvalue weighted by molar-refractivity contribution is 14.1. The minimum absolute atomic E-state index is 0.0314. The summed E-state index contributed by atoms with van der Waals surface area (Å²) >= 11 is 2.22. The predicted molar refractivity (Wildman–Crippen MR) is 76.0 cm³/mol. The quantitative estimate of drug-likeness (QED) is 0.739. The van der Waals surface area contributed by atoms with E-state index in [-0.39, 0.29) is 10.8 Å². The Morgan fingerprint density at radius 1 is 1.19 bits per heavy atom. The van der Waals surface area contributed by atoms with Crippen molar-refractivity contribution in [2.45, 2.75) is 26.2 Å². The third-order valence-electron chi connectivity index (χ3n) is 2.60. The number of rotatable bonds is 0. The van der Waals surface area contributed by atoms with Gasteiger partial charge in [-0.2, -0.15) is 0 Å². The summed E-state index contributed by atoms with van der Waals surface area (Å²) in [6, 6.07) is 7.60. The van der Waals surface area contributed by atoms with Gasteiger partial charge in [-0.05, 0) is 40.8 Å². The van der Waals surface area contributed by atoms with E-state index in [9.17, 15) is 4.79 Å². The first-order valence-electron chi connectivity index (χ1n) is 5.21. The molecule has 0 amide bonds. The van der Waals surface area contributed by atoms with Gasteiger partial charge in [0, 0.05) is 31.6 Å². The van der Waals surface area contributed by atoms with Gasteiger partial charge in [0.25, 0.3) is 0 Å². The first-order chi connectivity index (χ1) is 7.38. The van der Waals surface area contributed by atoms with E-state index < -0.39 is 0 Å². The molecule has 2 rings (SSSR count). The van der Waals surface area contributed by atoms with Crippen LogP contribution in [0.3, 0.4) is 0 Å². The van der Waals surface area contributed by atoms with Crippen molar-refractivity contribution in [2.24, 2.45) is 0 Å². The fraction of sp³-hybridized carbons (Fsp3) is 0.308. The Morgan fingerprint density at radius 3 is 2.50 bits per heavy atom. The lowest BCUT2D eigenvalue weighted by atomic mass is 9.91. The molecule has 0 aliphatic rings. The Balaban J connectivity index is 2.79. The van der Waals surface area contributed by atoms with Crippen molar-refractivity contribution < 1.29 is 0 Å². The zero-order valence-electron chi connectivity index (χ0n) is 9.60. The molecule has 3 heteroatoms. The molecule has 0 saturated heterocycles. The molecule has 2 nitrogen and oxygen atoms in total. The molecular weight excluding hydrogens is 313 g/mol. The van der Waals surface area contributed by atoms with Crippen molar-refractivity contribution in [1.82, 2.24) is 4.98 Å². The molecule has 0 bridgehead atoms. The van der Waals surface area contributed by atoms with Crippen LogP contribution >= 0.6 is 22.6 Å². The van der Waals surface area contributed by atoms with Crippen LogP contribution in [-0.2, 0) is 5.41 Å². The van der Waals surface area contributed by atoms with Crippen LogP contribution in [0.15, 0.2) is 29.1 Å². The lowest BCUT2D eigenvalue weighted by molar-refractivity contribution is 0.571. The van der Waals surface area contributed by atoms with E-state index in [1.807, 2.05) is 18.2 Å². The molecule has 0 atom stereocenters. The van der Waals surface area contributed by atoms with Crippen LogP contribution < -0.4 is 5.43 Å². The van der Waals surface area contributed by atoms with Crippen LogP contribution in [-0.4, -0.2) is 4.98 Å².